The molecule has 37 heavy (non-hydrogen) atoms. The van der Waals surface area contributed by atoms with Gasteiger partial charge in [0.1, 0.15) is 5.82 Å². The number of nitrogens with one attached hydrogen (secondary N) is 1. The van der Waals surface area contributed by atoms with Crippen molar-refractivity contribution in [3.8, 4) is 0 Å². The normalized spacial score (nSPS) is 21.5. The van der Waals surface area contributed by atoms with Gasteiger partial charge in [0.05, 0.1) is 11.7 Å². The second-order valence-electron chi connectivity index (χ2n) is 10.8. The number of hydrogen-bond donors (Lipinski definition) is 1. The lowest BCUT2D eigenvalue weighted by molar-refractivity contribution is -0.0170. The van der Waals surface area contributed by atoms with Crippen LogP contribution >= 0.6 is 0 Å². The number of halogens is 2. The van der Waals surface area contributed by atoms with Gasteiger partial charge in [0.2, 0.25) is 0 Å². The van der Waals surface area contributed by atoms with Crippen LogP contribution in [0.1, 0.15) is 53.9 Å². The van der Waals surface area contributed by atoms with Gasteiger partial charge in [0, 0.05) is 36.6 Å². The molecule has 0 amide bonds. The third-order valence-electron chi connectivity index (χ3n) is 7.44. The van der Waals surface area contributed by atoms with Crippen LogP contribution < -0.4 is 5.32 Å². The predicted molar refractivity (Wildman–Crippen MR) is 152 cm³/mol. The fraction of sp³-hybridized carbons (Fsp3) is 0.452. The van der Waals surface area contributed by atoms with Crippen molar-refractivity contribution in [2.24, 2.45) is 16.8 Å². The van der Waals surface area contributed by atoms with Crippen molar-refractivity contribution in [2.45, 2.75) is 65.8 Å². The van der Waals surface area contributed by atoms with Crippen LogP contribution in [0.4, 0.5) is 8.78 Å². The average molecular weight is 509 g/mol. The quantitative estimate of drug-likeness (QED) is 0.232. The first-order valence-corrected chi connectivity index (χ1v) is 13.0. The number of fused-ring (bicyclic) bond motifs is 2. The zero-order valence-corrected chi connectivity index (χ0v) is 23.1. The molecule has 1 fully saturated rings. The van der Waals surface area contributed by atoms with E-state index in [0.717, 1.165) is 78.9 Å². The van der Waals surface area contributed by atoms with Crippen LogP contribution in [-0.4, -0.2) is 41.6 Å². The largest absolute Gasteiger partial charge is 0.368 e. The molecular formula is C31H42F2N4. The van der Waals surface area contributed by atoms with Gasteiger partial charge in [-0.1, -0.05) is 52.7 Å². The second-order valence-corrected chi connectivity index (χ2v) is 10.8. The van der Waals surface area contributed by atoms with Crippen LogP contribution in [-0.2, 0) is 0 Å². The molecule has 2 heterocycles. The Hall–Kier alpha value is -3.15. The third-order valence-corrected chi connectivity index (χ3v) is 7.44. The Labute approximate surface area is 221 Å². The van der Waals surface area contributed by atoms with Crippen molar-refractivity contribution in [1.82, 2.24) is 15.1 Å². The van der Waals surface area contributed by atoms with Gasteiger partial charge in [-0.05, 0) is 80.2 Å². The maximum absolute atomic E-state index is 13.8. The molecule has 1 aliphatic carbocycles. The van der Waals surface area contributed by atoms with Crippen LogP contribution in [0.25, 0.3) is 0 Å². The Kier molecular flexibility index (Phi) is 8.83. The maximum Gasteiger partial charge on any atom is 0.251 e. The molecular weight excluding hydrogens is 466 g/mol. The van der Waals surface area contributed by atoms with E-state index in [9.17, 15) is 8.78 Å². The minimum atomic E-state index is -2.81. The van der Waals surface area contributed by atoms with E-state index in [-0.39, 0.29) is 0 Å². The highest BCUT2D eigenvalue weighted by Gasteiger charge is 2.37. The van der Waals surface area contributed by atoms with Crippen LogP contribution in [0, 0.1) is 11.8 Å². The Morgan fingerprint density at radius 3 is 2.62 bits per heavy atom. The van der Waals surface area contributed by atoms with E-state index >= 15 is 0 Å². The third kappa shape index (κ3) is 6.60. The van der Waals surface area contributed by atoms with E-state index < -0.39 is 11.8 Å². The number of hydrogen-bond acceptors (Lipinski definition) is 4. The van der Waals surface area contributed by atoms with Gasteiger partial charge in [0.25, 0.3) is 5.92 Å². The van der Waals surface area contributed by atoms with Crippen molar-refractivity contribution in [1.29, 1.82) is 0 Å². The molecule has 1 saturated heterocycles. The number of rotatable bonds is 11. The van der Waals surface area contributed by atoms with Gasteiger partial charge >= 0.3 is 0 Å². The molecule has 0 saturated carbocycles. The Bertz CT molecular complexity index is 1110. The summed E-state index contributed by atoms with van der Waals surface area (Å²) in [5.41, 5.74) is 6.70. The van der Waals surface area contributed by atoms with Gasteiger partial charge in [-0.15, -0.1) is 0 Å². The van der Waals surface area contributed by atoms with Crippen LogP contribution in [0.5, 0.6) is 0 Å². The molecule has 3 rings (SSSR count). The monoisotopic (exact) mass is 508 g/mol. The predicted octanol–water partition coefficient (Wildman–Crippen LogP) is 7.47. The molecule has 4 nitrogen and oxygen atoms in total. The fourth-order valence-electron chi connectivity index (χ4n) is 5.12. The number of nitrogens with zero attached hydrogens (tertiary/aromatic N) is 3. The van der Waals surface area contributed by atoms with E-state index in [0.29, 0.717) is 17.5 Å². The first kappa shape index (κ1) is 28.4. The van der Waals surface area contributed by atoms with Crippen LogP contribution in [0.2, 0.25) is 0 Å². The molecule has 3 aliphatic rings. The molecule has 2 aliphatic heterocycles. The Morgan fingerprint density at radius 2 is 2.00 bits per heavy atom. The Morgan fingerprint density at radius 1 is 1.30 bits per heavy atom. The lowest BCUT2D eigenvalue weighted by atomic mass is 9.91. The molecule has 6 heteroatoms. The van der Waals surface area contributed by atoms with E-state index in [1.54, 1.807) is 6.08 Å². The smallest absolute Gasteiger partial charge is 0.251 e. The molecule has 2 bridgehead atoms. The molecule has 200 valence electrons. The molecule has 0 aromatic carbocycles. The lowest BCUT2D eigenvalue weighted by Gasteiger charge is -2.40. The van der Waals surface area contributed by atoms with Gasteiger partial charge in [-0.25, -0.2) is 8.78 Å². The van der Waals surface area contributed by atoms with Crippen molar-refractivity contribution in [2.75, 3.05) is 13.1 Å². The summed E-state index contributed by atoms with van der Waals surface area (Å²) in [6.07, 6.45) is 12.5. The van der Waals surface area contributed by atoms with Gasteiger partial charge in [0.15, 0.2) is 0 Å². The van der Waals surface area contributed by atoms with Crippen molar-refractivity contribution < 1.29 is 8.78 Å². The average Bonchev–Trinajstić information content (AvgIpc) is 3.23. The van der Waals surface area contributed by atoms with Crippen molar-refractivity contribution in [3.05, 3.63) is 95.4 Å². The topological polar surface area (TPSA) is 30.9 Å². The summed E-state index contributed by atoms with van der Waals surface area (Å²) in [6, 6.07) is 0.299. The van der Waals surface area contributed by atoms with E-state index in [1.807, 2.05) is 12.3 Å². The first-order chi connectivity index (χ1) is 17.3. The van der Waals surface area contributed by atoms with Crippen LogP contribution in [0.15, 0.2) is 100 Å². The first-order valence-electron chi connectivity index (χ1n) is 13.0. The highest BCUT2D eigenvalue weighted by Crippen LogP contribution is 2.36. The molecule has 1 unspecified atom stereocenters. The minimum absolute atomic E-state index is 0.299. The highest BCUT2D eigenvalue weighted by molar-refractivity contribution is 5.51. The molecule has 0 aromatic heterocycles. The summed E-state index contributed by atoms with van der Waals surface area (Å²) in [4.78, 5) is 8.58. The van der Waals surface area contributed by atoms with E-state index in [1.165, 1.54) is 6.92 Å². The van der Waals surface area contributed by atoms with Crippen molar-refractivity contribution >= 4 is 6.72 Å². The fourth-order valence-corrected chi connectivity index (χ4v) is 5.12. The van der Waals surface area contributed by atoms with Crippen molar-refractivity contribution in [3.63, 3.8) is 0 Å². The summed E-state index contributed by atoms with van der Waals surface area (Å²) in [7, 11) is 0. The van der Waals surface area contributed by atoms with Gasteiger partial charge in [-0.2, -0.15) is 0 Å². The summed E-state index contributed by atoms with van der Waals surface area (Å²) < 4.78 is 27.6. The summed E-state index contributed by atoms with van der Waals surface area (Å²) >= 11 is 0. The van der Waals surface area contributed by atoms with Crippen LogP contribution in [0.3, 0.4) is 0 Å². The van der Waals surface area contributed by atoms with E-state index in [4.69, 9.17) is 0 Å². The summed E-state index contributed by atoms with van der Waals surface area (Å²) in [5, 5.41) is 3.54. The molecule has 2 atom stereocenters. The molecule has 1 N–H and O–H groups in total. The lowest BCUT2D eigenvalue weighted by Crippen LogP contribution is -2.44. The number of alkyl halides is 2. The maximum atomic E-state index is 13.8. The number of aliphatic imine (C=N–C) groups is 1. The van der Waals surface area contributed by atoms with Gasteiger partial charge < -0.3 is 15.1 Å². The minimum Gasteiger partial charge on any atom is -0.368 e. The number of allylic oxidation sites excluding steroid dienone is 9. The standard InChI is InChI=1S/C31H42F2N4/c1-20(2)16-27(18-34-9)26-12-10-22(4)29(17-26)35-25(7)37-24(6)30(36-15-14-28(37)19-36)13-11-21(3)23(5)31(8,32)33/h11-13,17-18,20,23,28,35H,3-4,7,9-10,14-16,19H2,1-2,5-6,8H3/b13-11-,27-18+/t23-,28?/m0/s1. The SMILES string of the molecule is C=N/C=C(\CC(C)C)C1=CCC(=C)C(NC(=C)N2C(C)=C(/C=C\C(=C)[C@H](C)C(C)(F)F)N3CCC2C3)=C1. The molecule has 0 radical (unpaired) electrons. The molecule has 0 spiro atoms. The second kappa shape index (κ2) is 11.5. The Balaban J connectivity index is 1.84. The highest BCUT2D eigenvalue weighted by atomic mass is 19.3. The summed E-state index contributed by atoms with van der Waals surface area (Å²) in [6.45, 7) is 26.9. The summed E-state index contributed by atoms with van der Waals surface area (Å²) in [5.74, 6) is -2.45. The molecule has 0 aromatic rings. The zero-order chi connectivity index (χ0) is 27.5. The van der Waals surface area contributed by atoms with E-state index in [2.05, 4.69) is 79.5 Å². The zero-order valence-electron chi connectivity index (χ0n) is 23.1. The van der Waals surface area contributed by atoms with Gasteiger partial charge in [-0.3, -0.25) is 4.99 Å².